The Morgan fingerprint density at radius 2 is 1.62 bits per heavy atom. The molecule has 2 amide bonds. The van der Waals surface area contributed by atoms with E-state index < -0.39 is 16.1 Å². The Labute approximate surface area is 220 Å². The molecule has 5 rings (SSSR count). The zero-order valence-corrected chi connectivity index (χ0v) is 22.3. The molecule has 0 aliphatic carbocycles. The molecule has 0 unspecified atom stereocenters. The van der Waals surface area contributed by atoms with E-state index in [0.717, 1.165) is 23.4 Å². The maximum absolute atomic E-state index is 13.1. The largest absolute Gasteiger partial charge is 0.450 e. The van der Waals surface area contributed by atoms with Crippen LogP contribution in [0.15, 0.2) is 53.4 Å². The molecule has 3 heterocycles. The number of benzene rings is 2. The summed E-state index contributed by atoms with van der Waals surface area (Å²) >= 11 is 1.73. The van der Waals surface area contributed by atoms with Crippen LogP contribution < -0.4 is 0 Å². The predicted molar refractivity (Wildman–Crippen MR) is 141 cm³/mol. The van der Waals surface area contributed by atoms with Gasteiger partial charge in [-0.1, -0.05) is 12.1 Å². The summed E-state index contributed by atoms with van der Waals surface area (Å²) in [4.78, 5) is 33.3. The molecule has 2 aliphatic rings. The lowest BCUT2D eigenvalue weighted by Crippen LogP contribution is -2.50. The first-order valence-electron chi connectivity index (χ1n) is 12.5. The number of nitrogens with zero attached hydrogens (tertiary/aromatic N) is 4. The molecule has 0 saturated carbocycles. The van der Waals surface area contributed by atoms with Crippen LogP contribution in [0.2, 0.25) is 0 Å². The van der Waals surface area contributed by atoms with Crippen molar-refractivity contribution >= 4 is 43.6 Å². The zero-order valence-electron chi connectivity index (χ0n) is 20.7. The van der Waals surface area contributed by atoms with Gasteiger partial charge in [-0.15, -0.1) is 11.3 Å². The number of hydrogen-bond acceptors (Lipinski definition) is 7. The Kier molecular flexibility index (Phi) is 7.45. The van der Waals surface area contributed by atoms with Gasteiger partial charge in [0.05, 0.1) is 26.7 Å². The number of thiazole rings is 1. The lowest BCUT2D eigenvalue weighted by atomic mass is 9.97. The van der Waals surface area contributed by atoms with Gasteiger partial charge >= 0.3 is 6.09 Å². The van der Waals surface area contributed by atoms with Crippen LogP contribution in [-0.2, 0) is 14.8 Å². The quantitative estimate of drug-likeness (QED) is 0.487. The Bertz CT molecular complexity index is 1340. The van der Waals surface area contributed by atoms with E-state index in [9.17, 15) is 18.0 Å². The second-order valence-electron chi connectivity index (χ2n) is 9.20. The molecule has 2 saturated heterocycles. The molecule has 37 heavy (non-hydrogen) atoms. The number of piperazine rings is 1. The van der Waals surface area contributed by atoms with E-state index in [1.807, 2.05) is 23.1 Å². The Morgan fingerprint density at radius 1 is 0.946 bits per heavy atom. The molecule has 0 spiro atoms. The Morgan fingerprint density at radius 3 is 2.27 bits per heavy atom. The first-order chi connectivity index (χ1) is 17.9. The van der Waals surface area contributed by atoms with Crippen molar-refractivity contribution < 1.29 is 22.7 Å². The molecule has 0 radical (unpaired) electrons. The van der Waals surface area contributed by atoms with Crippen molar-refractivity contribution in [1.82, 2.24) is 19.1 Å². The van der Waals surface area contributed by atoms with E-state index in [2.05, 4.69) is 6.07 Å². The highest BCUT2D eigenvalue weighted by molar-refractivity contribution is 7.89. The molecule has 0 N–H and O–H groups in total. The fourth-order valence-corrected chi connectivity index (χ4v) is 7.38. The van der Waals surface area contributed by atoms with Crippen molar-refractivity contribution in [2.45, 2.75) is 30.6 Å². The van der Waals surface area contributed by atoms with Crippen molar-refractivity contribution in [2.75, 3.05) is 45.9 Å². The van der Waals surface area contributed by atoms with Crippen LogP contribution in [0.3, 0.4) is 0 Å². The van der Waals surface area contributed by atoms with E-state index in [-0.39, 0.29) is 43.6 Å². The van der Waals surface area contributed by atoms with Crippen LogP contribution in [0, 0.1) is 0 Å². The first kappa shape index (κ1) is 25.6. The second-order valence-corrected chi connectivity index (χ2v) is 12.2. The maximum atomic E-state index is 13.1. The number of amides is 2. The van der Waals surface area contributed by atoms with Gasteiger partial charge in [-0.05, 0) is 56.2 Å². The van der Waals surface area contributed by atoms with Gasteiger partial charge in [-0.2, -0.15) is 4.31 Å². The highest BCUT2D eigenvalue weighted by atomic mass is 32.2. The number of piperidine rings is 1. The number of carbonyl (C=O) groups is 2. The second kappa shape index (κ2) is 10.8. The van der Waals surface area contributed by atoms with Gasteiger partial charge in [-0.3, -0.25) is 4.79 Å². The fraction of sp³-hybridized carbons (Fsp3) is 0.423. The van der Waals surface area contributed by atoms with Gasteiger partial charge in [0.2, 0.25) is 10.0 Å². The summed E-state index contributed by atoms with van der Waals surface area (Å²) in [5.74, 6) is 0.257. The molecular formula is C26H30N4O5S2. The predicted octanol–water partition coefficient (Wildman–Crippen LogP) is 3.78. The smallest absolute Gasteiger partial charge is 0.409 e. The Balaban J connectivity index is 1.18. The standard InChI is InChI=1S/C26H30N4O5S2/c1-2-35-26(32)29-15-17-30(18-16-29)37(33,34)21-9-7-20(8-10-21)25(31)28-13-11-19(12-14-28)24-27-22-5-3-4-6-23(22)36-24/h3-10,19H,2,11-18H2,1H3. The van der Waals surface area contributed by atoms with Gasteiger partial charge in [0, 0.05) is 50.7 Å². The SMILES string of the molecule is CCOC(=O)N1CCN(S(=O)(=O)c2ccc(C(=O)N3CCC(c4nc5ccccc5s4)CC3)cc2)CC1. The van der Waals surface area contributed by atoms with Crippen molar-refractivity contribution in [3.8, 4) is 0 Å². The summed E-state index contributed by atoms with van der Waals surface area (Å²) in [5.41, 5.74) is 1.50. The van der Waals surface area contributed by atoms with Gasteiger partial charge in [0.15, 0.2) is 0 Å². The van der Waals surface area contributed by atoms with Gasteiger partial charge in [0.1, 0.15) is 0 Å². The highest BCUT2D eigenvalue weighted by Crippen LogP contribution is 2.34. The summed E-state index contributed by atoms with van der Waals surface area (Å²) in [6.45, 7) is 4.26. The van der Waals surface area contributed by atoms with E-state index in [1.165, 1.54) is 26.0 Å². The molecule has 2 fully saturated rings. The van der Waals surface area contributed by atoms with Gasteiger partial charge in [0.25, 0.3) is 5.91 Å². The average Bonchev–Trinajstić information content (AvgIpc) is 3.37. The van der Waals surface area contributed by atoms with E-state index in [4.69, 9.17) is 9.72 Å². The molecule has 9 nitrogen and oxygen atoms in total. The van der Waals surface area contributed by atoms with Crippen molar-refractivity contribution in [3.05, 3.63) is 59.1 Å². The highest BCUT2D eigenvalue weighted by Gasteiger charge is 2.31. The lowest BCUT2D eigenvalue weighted by Gasteiger charge is -2.33. The maximum Gasteiger partial charge on any atom is 0.409 e. The normalized spacial score (nSPS) is 17.8. The number of hydrogen-bond donors (Lipinski definition) is 0. The molecule has 196 valence electrons. The third kappa shape index (κ3) is 5.34. The molecular weight excluding hydrogens is 512 g/mol. The van der Waals surface area contributed by atoms with E-state index in [1.54, 1.807) is 30.4 Å². The number of carbonyl (C=O) groups excluding carboxylic acids is 2. The topological polar surface area (TPSA) is 100 Å². The average molecular weight is 543 g/mol. The number of para-hydroxylation sites is 1. The third-order valence-corrected chi connectivity index (χ3v) is 10.1. The Hall–Kier alpha value is -3.02. The van der Waals surface area contributed by atoms with Crippen LogP contribution in [0.25, 0.3) is 10.2 Å². The number of rotatable bonds is 5. The molecule has 1 aromatic heterocycles. The van der Waals surface area contributed by atoms with Crippen LogP contribution in [-0.4, -0.2) is 85.4 Å². The number of fused-ring (bicyclic) bond motifs is 1. The molecule has 2 aliphatic heterocycles. The molecule has 2 aromatic carbocycles. The zero-order chi connectivity index (χ0) is 26.0. The summed E-state index contributed by atoms with van der Waals surface area (Å²) < 4.78 is 33.7. The van der Waals surface area contributed by atoms with Crippen LogP contribution >= 0.6 is 11.3 Å². The monoisotopic (exact) mass is 542 g/mol. The van der Waals surface area contributed by atoms with Crippen molar-refractivity contribution in [1.29, 1.82) is 0 Å². The van der Waals surface area contributed by atoms with E-state index in [0.29, 0.717) is 24.6 Å². The molecule has 0 bridgehead atoms. The summed E-state index contributed by atoms with van der Waals surface area (Å²) in [5, 5.41) is 1.13. The van der Waals surface area contributed by atoms with Gasteiger partial charge in [-0.25, -0.2) is 18.2 Å². The minimum atomic E-state index is -3.72. The molecule has 0 atom stereocenters. The third-order valence-electron chi connectivity index (χ3n) is 6.95. The summed E-state index contributed by atoms with van der Waals surface area (Å²) in [7, 11) is -3.72. The fourth-order valence-electron chi connectivity index (χ4n) is 4.82. The number of sulfonamides is 1. The molecule has 11 heteroatoms. The van der Waals surface area contributed by atoms with Crippen molar-refractivity contribution in [2.24, 2.45) is 0 Å². The number of ether oxygens (including phenoxy) is 1. The first-order valence-corrected chi connectivity index (χ1v) is 14.8. The minimum Gasteiger partial charge on any atom is -0.450 e. The number of likely N-dealkylation sites (tertiary alicyclic amines) is 1. The van der Waals surface area contributed by atoms with Crippen LogP contribution in [0.1, 0.15) is 41.0 Å². The minimum absolute atomic E-state index is 0.0882. The van der Waals surface area contributed by atoms with Gasteiger partial charge < -0.3 is 14.5 Å². The van der Waals surface area contributed by atoms with Crippen LogP contribution in [0.4, 0.5) is 4.79 Å². The molecule has 3 aromatic rings. The van der Waals surface area contributed by atoms with Crippen LogP contribution in [0.5, 0.6) is 0 Å². The van der Waals surface area contributed by atoms with E-state index >= 15 is 0 Å². The van der Waals surface area contributed by atoms with Crippen molar-refractivity contribution in [3.63, 3.8) is 0 Å². The number of aromatic nitrogens is 1. The lowest BCUT2D eigenvalue weighted by molar-refractivity contribution is 0.0712. The summed E-state index contributed by atoms with van der Waals surface area (Å²) in [6.07, 6.45) is 1.29. The summed E-state index contributed by atoms with van der Waals surface area (Å²) in [6, 6.07) is 14.3.